The van der Waals surface area contributed by atoms with Crippen LogP contribution in [0.5, 0.6) is 23.0 Å². The standard InChI is InChI=1S/C42H27N3O2S/c1-42(2)30-16-8-6-14-28(30)36-31(42)21-22-33-38(36)47-37-29(15-10-17-32(37)46-33)41-44-39(24-11-4-3-5-12-24)43-40(45-41)25-19-20-27-26-13-7-9-18-34(26)48-35(27)23-25/h3-23H,1-2H3. The van der Waals surface area contributed by atoms with Crippen LogP contribution in [0.1, 0.15) is 25.0 Å². The first-order chi connectivity index (χ1) is 23.5. The van der Waals surface area contributed by atoms with E-state index in [1.54, 1.807) is 11.3 Å². The van der Waals surface area contributed by atoms with Crippen LogP contribution in [0.15, 0.2) is 127 Å². The van der Waals surface area contributed by atoms with E-state index in [-0.39, 0.29) is 5.41 Å². The molecule has 0 unspecified atom stereocenters. The van der Waals surface area contributed by atoms with Gasteiger partial charge in [0.2, 0.25) is 0 Å². The van der Waals surface area contributed by atoms with Gasteiger partial charge in [0.25, 0.3) is 0 Å². The lowest BCUT2D eigenvalue weighted by atomic mass is 9.82. The molecule has 0 radical (unpaired) electrons. The second kappa shape index (κ2) is 10.1. The van der Waals surface area contributed by atoms with Gasteiger partial charge in [0.05, 0.1) is 5.56 Å². The van der Waals surface area contributed by atoms with E-state index >= 15 is 0 Å². The first-order valence-electron chi connectivity index (χ1n) is 16.0. The Hall–Kier alpha value is -5.85. The average molecular weight is 638 g/mol. The Bertz CT molecular complexity index is 2610. The zero-order valence-corrected chi connectivity index (χ0v) is 27.0. The van der Waals surface area contributed by atoms with Crippen molar-refractivity contribution in [1.29, 1.82) is 0 Å². The minimum atomic E-state index is -0.159. The molecule has 0 N–H and O–H groups in total. The van der Waals surface area contributed by atoms with Crippen molar-refractivity contribution in [3.8, 4) is 68.3 Å². The van der Waals surface area contributed by atoms with Crippen molar-refractivity contribution in [3.05, 3.63) is 139 Å². The summed E-state index contributed by atoms with van der Waals surface area (Å²) in [5.41, 5.74) is 7.17. The third-order valence-electron chi connectivity index (χ3n) is 9.61. The molecule has 0 saturated carbocycles. The molecule has 6 heteroatoms. The number of rotatable bonds is 3. The SMILES string of the molecule is CC1(C)c2ccccc2-c2c1ccc1c2Oc2c(cccc2-c2nc(-c3ccccc3)nc(-c3ccc4c(c3)sc3ccccc34)n2)O1. The van der Waals surface area contributed by atoms with E-state index in [1.807, 2.05) is 54.6 Å². The van der Waals surface area contributed by atoms with Crippen molar-refractivity contribution >= 4 is 31.5 Å². The highest BCUT2D eigenvalue weighted by atomic mass is 32.1. The number of thiophene rings is 1. The van der Waals surface area contributed by atoms with Gasteiger partial charge in [-0.05, 0) is 47.0 Å². The second-order valence-electron chi connectivity index (χ2n) is 12.8. The summed E-state index contributed by atoms with van der Waals surface area (Å²) in [5, 5.41) is 2.49. The molecule has 228 valence electrons. The van der Waals surface area contributed by atoms with E-state index in [2.05, 4.69) is 86.6 Å². The lowest BCUT2D eigenvalue weighted by molar-refractivity contribution is 0.361. The molecule has 10 rings (SSSR count). The van der Waals surface area contributed by atoms with Crippen LogP contribution >= 0.6 is 11.3 Å². The molecular weight excluding hydrogens is 611 g/mol. The first kappa shape index (κ1) is 27.3. The summed E-state index contributed by atoms with van der Waals surface area (Å²) < 4.78 is 15.9. The third-order valence-corrected chi connectivity index (χ3v) is 10.7. The van der Waals surface area contributed by atoms with Crippen molar-refractivity contribution in [2.75, 3.05) is 0 Å². The van der Waals surface area contributed by atoms with Crippen LogP contribution in [-0.4, -0.2) is 15.0 Å². The summed E-state index contributed by atoms with van der Waals surface area (Å²) in [6, 6.07) is 43.7. The summed E-state index contributed by atoms with van der Waals surface area (Å²) in [5.74, 6) is 4.36. The predicted molar refractivity (Wildman–Crippen MR) is 193 cm³/mol. The van der Waals surface area contributed by atoms with Crippen LogP contribution in [0.4, 0.5) is 0 Å². The van der Waals surface area contributed by atoms with Gasteiger partial charge in [0.1, 0.15) is 0 Å². The van der Waals surface area contributed by atoms with Crippen LogP contribution in [0.3, 0.4) is 0 Å². The fourth-order valence-electron chi connectivity index (χ4n) is 7.23. The molecular formula is C42H27N3O2S. The van der Waals surface area contributed by atoms with Crippen LogP contribution < -0.4 is 9.47 Å². The molecule has 1 aliphatic carbocycles. The van der Waals surface area contributed by atoms with Crippen molar-refractivity contribution < 1.29 is 9.47 Å². The number of aromatic nitrogens is 3. The minimum absolute atomic E-state index is 0.159. The monoisotopic (exact) mass is 637 g/mol. The quantitative estimate of drug-likeness (QED) is 0.193. The number of fused-ring (bicyclic) bond motifs is 9. The van der Waals surface area contributed by atoms with E-state index < -0.39 is 0 Å². The van der Waals surface area contributed by atoms with Crippen molar-refractivity contribution in [2.45, 2.75) is 19.3 Å². The first-order valence-corrected chi connectivity index (χ1v) is 16.8. The number of hydrogen-bond acceptors (Lipinski definition) is 6. The molecule has 48 heavy (non-hydrogen) atoms. The number of nitrogens with zero attached hydrogens (tertiary/aromatic N) is 3. The lowest BCUT2D eigenvalue weighted by Crippen LogP contribution is -2.15. The third kappa shape index (κ3) is 3.99. The van der Waals surface area contributed by atoms with E-state index in [1.165, 1.54) is 36.9 Å². The Morgan fingerprint density at radius 3 is 2.10 bits per heavy atom. The largest absolute Gasteiger partial charge is 0.449 e. The van der Waals surface area contributed by atoms with Crippen LogP contribution in [0.25, 0.3) is 65.5 Å². The van der Waals surface area contributed by atoms with Crippen LogP contribution in [-0.2, 0) is 5.41 Å². The van der Waals surface area contributed by atoms with Crippen LogP contribution in [0, 0.1) is 0 Å². The molecule has 3 heterocycles. The Balaban J connectivity index is 1.15. The fourth-order valence-corrected chi connectivity index (χ4v) is 8.37. The van der Waals surface area contributed by atoms with E-state index in [4.69, 9.17) is 24.4 Å². The maximum absolute atomic E-state index is 6.91. The lowest BCUT2D eigenvalue weighted by Gasteiger charge is -2.26. The maximum atomic E-state index is 6.91. The Kier molecular flexibility index (Phi) is 5.72. The smallest absolute Gasteiger partial charge is 0.181 e. The summed E-state index contributed by atoms with van der Waals surface area (Å²) in [4.78, 5) is 15.1. The molecule has 0 bridgehead atoms. The molecule has 0 atom stereocenters. The average Bonchev–Trinajstić information content (AvgIpc) is 3.62. The molecule has 0 fully saturated rings. The van der Waals surface area contributed by atoms with Gasteiger partial charge in [-0.2, -0.15) is 0 Å². The highest BCUT2D eigenvalue weighted by molar-refractivity contribution is 7.25. The molecule has 8 aromatic rings. The number of hydrogen-bond donors (Lipinski definition) is 0. The van der Waals surface area contributed by atoms with E-state index in [0.717, 1.165) is 28.0 Å². The summed E-state index contributed by atoms with van der Waals surface area (Å²) in [7, 11) is 0. The van der Waals surface area contributed by atoms with Crippen LogP contribution in [0.2, 0.25) is 0 Å². The molecule has 0 amide bonds. The van der Waals surface area contributed by atoms with Crippen molar-refractivity contribution in [2.24, 2.45) is 0 Å². The fraction of sp³-hybridized carbons (Fsp3) is 0.0714. The zero-order valence-electron chi connectivity index (χ0n) is 26.2. The van der Waals surface area contributed by atoms with E-state index in [0.29, 0.717) is 34.7 Å². The Morgan fingerprint density at radius 2 is 1.21 bits per heavy atom. The molecule has 6 aromatic carbocycles. The predicted octanol–water partition coefficient (Wildman–Crippen LogP) is 11.4. The molecule has 2 aliphatic rings. The van der Waals surface area contributed by atoms with Crippen molar-refractivity contribution in [3.63, 3.8) is 0 Å². The minimum Gasteiger partial charge on any atom is -0.449 e. The highest BCUT2D eigenvalue weighted by Crippen LogP contribution is 2.59. The maximum Gasteiger partial charge on any atom is 0.181 e. The Labute approximate surface area is 281 Å². The Morgan fingerprint density at radius 1 is 0.500 bits per heavy atom. The van der Waals surface area contributed by atoms with Crippen molar-refractivity contribution in [1.82, 2.24) is 15.0 Å². The van der Waals surface area contributed by atoms with Gasteiger partial charge >= 0.3 is 0 Å². The van der Waals surface area contributed by atoms with Gasteiger partial charge in [-0.15, -0.1) is 11.3 Å². The number of benzene rings is 6. The highest BCUT2D eigenvalue weighted by Gasteiger charge is 2.40. The number of para-hydroxylation sites is 1. The number of ether oxygens (including phenoxy) is 2. The normalized spacial score (nSPS) is 13.7. The molecule has 0 saturated heterocycles. The van der Waals surface area contributed by atoms with Gasteiger partial charge in [-0.3, -0.25) is 0 Å². The molecule has 0 spiro atoms. The van der Waals surface area contributed by atoms with Gasteiger partial charge in [0.15, 0.2) is 40.5 Å². The molecule has 5 nitrogen and oxygen atoms in total. The van der Waals surface area contributed by atoms with E-state index in [9.17, 15) is 0 Å². The summed E-state index contributed by atoms with van der Waals surface area (Å²) in [6.45, 7) is 4.53. The second-order valence-corrected chi connectivity index (χ2v) is 13.9. The summed E-state index contributed by atoms with van der Waals surface area (Å²) >= 11 is 1.78. The molecule has 1 aliphatic heterocycles. The van der Waals surface area contributed by atoms with Gasteiger partial charge in [-0.1, -0.05) is 111 Å². The van der Waals surface area contributed by atoms with Gasteiger partial charge < -0.3 is 9.47 Å². The van der Waals surface area contributed by atoms with Gasteiger partial charge in [-0.25, -0.2) is 15.0 Å². The topological polar surface area (TPSA) is 57.1 Å². The molecule has 2 aromatic heterocycles. The zero-order chi connectivity index (χ0) is 32.0. The van der Waals surface area contributed by atoms with Gasteiger partial charge in [0, 0.05) is 42.3 Å². The summed E-state index contributed by atoms with van der Waals surface area (Å²) in [6.07, 6.45) is 0.